The van der Waals surface area contributed by atoms with E-state index < -0.39 is 0 Å². The van der Waals surface area contributed by atoms with Crippen LogP contribution in [0.5, 0.6) is 0 Å². The molecule has 2 fully saturated rings. The van der Waals surface area contributed by atoms with Crippen molar-refractivity contribution < 1.29 is 9.53 Å². The van der Waals surface area contributed by atoms with Gasteiger partial charge in [0.05, 0.1) is 12.1 Å². The molecule has 0 aliphatic carbocycles. The Balaban J connectivity index is 1.44. The van der Waals surface area contributed by atoms with Crippen molar-refractivity contribution in [1.29, 1.82) is 0 Å². The first-order valence-corrected chi connectivity index (χ1v) is 10.6. The molecule has 0 spiro atoms. The largest absolute Gasteiger partial charge is 0.381 e. The summed E-state index contributed by atoms with van der Waals surface area (Å²) in [6.07, 6.45) is 8.94. The van der Waals surface area contributed by atoms with Crippen molar-refractivity contribution in [2.75, 3.05) is 37.7 Å². The summed E-state index contributed by atoms with van der Waals surface area (Å²) >= 11 is 0. The standard InChI is InChI=1S/C23H30N4O2/c1-18-5-2-3-7-20(18)23(8-13-29-14-9-23)17-26-22(28)19-6-4-12-27(16-19)21-15-24-10-11-25-21/h2-3,5,7,10-11,15,19H,4,6,8-9,12-14,16-17H2,1H3,(H,26,28)/t19-/m0/s1. The number of aryl methyl sites for hydroxylation is 1. The van der Waals surface area contributed by atoms with E-state index in [4.69, 9.17) is 4.74 Å². The summed E-state index contributed by atoms with van der Waals surface area (Å²) in [4.78, 5) is 23.8. The molecule has 0 unspecified atom stereocenters. The van der Waals surface area contributed by atoms with Crippen LogP contribution in [0.1, 0.15) is 36.8 Å². The summed E-state index contributed by atoms with van der Waals surface area (Å²) in [7, 11) is 0. The Kier molecular flexibility index (Phi) is 6.09. The van der Waals surface area contributed by atoms with Crippen LogP contribution in [0, 0.1) is 12.8 Å². The van der Waals surface area contributed by atoms with Gasteiger partial charge in [-0.15, -0.1) is 0 Å². The van der Waals surface area contributed by atoms with Crippen molar-refractivity contribution in [3.63, 3.8) is 0 Å². The second-order valence-electron chi connectivity index (χ2n) is 8.27. The third-order valence-corrected chi connectivity index (χ3v) is 6.43. The van der Waals surface area contributed by atoms with Gasteiger partial charge in [0.25, 0.3) is 0 Å². The lowest BCUT2D eigenvalue weighted by molar-refractivity contribution is -0.125. The van der Waals surface area contributed by atoms with E-state index in [1.807, 2.05) is 0 Å². The van der Waals surface area contributed by atoms with Gasteiger partial charge in [-0.05, 0) is 43.7 Å². The smallest absolute Gasteiger partial charge is 0.224 e. The topological polar surface area (TPSA) is 67.4 Å². The number of piperidine rings is 1. The molecule has 6 heteroatoms. The molecule has 0 bridgehead atoms. The number of rotatable bonds is 5. The normalized spacial score (nSPS) is 21.6. The lowest BCUT2D eigenvalue weighted by atomic mass is 9.72. The Morgan fingerprint density at radius 1 is 1.28 bits per heavy atom. The predicted molar refractivity (Wildman–Crippen MR) is 113 cm³/mol. The summed E-state index contributed by atoms with van der Waals surface area (Å²) < 4.78 is 5.64. The van der Waals surface area contributed by atoms with Crippen molar-refractivity contribution in [3.05, 3.63) is 54.0 Å². The number of carbonyl (C=O) groups excluding carboxylic acids is 1. The average molecular weight is 395 g/mol. The number of aromatic nitrogens is 2. The number of amides is 1. The van der Waals surface area contributed by atoms with Crippen LogP contribution in [0.15, 0.2) is 42.9 Å². The first-order valence-electron chi connectivity index (χ1n) is 10.6. The zero-order valence-corrected chi connectivity index (χ0v) is 17.1. The third-order valence-electron chi connectivity index (χ3n) is 6.43. The Hall–Kier alpha value is -2.47. The lowest BCUT2D eigenvalue weighted by Gasteiger charge is -2.39. The van der Waals surface area contributed by atoms with Gasteiger partial charge in [-0.25, -0.2) is 4.98 Å². The molecule has 1 atom stereocenters. The van der Waals surface area contributed by atoms with Crippen molar-refractivity contribution in [1.82, 2.24) is 15.3 Å². The van der Waals surface area contributed by atoms with Crippen LogP contribution in [0.2, 0.25) is 0 Å². The number of hydrogen-bond donors (Lipinski definition) is 1. The highest BCUT2D eigenvalue weighted by atomic mass is 16.5. The van der Waals surface area contributed by atoms with Crippen molar-refractivity contribution in [2.45, 2.75) is 38.0 Å². The summed E-state index contributed by atoms with van der Waals surface area (Å²) in [5.74, 6) is 0.989. The van der Waals surface area contributed by atoms with E-state index >= 15 is 0 Å². The van der Waals surface area contributed by atoms with Gasteiger partial charge in [0.2, 0.25) is 5.91 Å². The highest BCUT2D eigenvalue weighted by molar-refractivity contribution is 5.79. The van der Waals surface area contributed by atoms with Crippen LogP contribution in [0.25, 0.3) is 0 Å². The maximum absolute atomic E-state index is 13.1. The number of nitrogens with zero attached hydrogens (tertiary/aromatic N) is 3. The maximum Gasteiger partial charge on any atom is 0.224 e. The van der Waals surface area contributed by atoms with Crippen LogP contribution in [0.4, 0.5) is 5.82 Å². The summed E-state index contributed by atoms with van der Waals surface area (Å²) in [6.45, 7) is 5.94. The molecule has 3 heterocycles. The predicted octanol–water partition coefficient (Wildman–Crippen LogP) is 2.87. The number of ether oxygens (including phenoxy) is 1. The maximum atomic E-state index is 13.1. The van der Waals surface area contributed by atoms with Crippen LogP contribution in [0.3, 0.4) is 0 Å². The Labute approximate surface area is 172 Å². The molecule has 1 aromatic carbocycles. The van der Waals surface area contributed by atoms with E-state index in [0.29, 0.717) is 13.1 Å². The number of carbonyl (C=O) groups is 1. The Bertz CT molecular complexity index is 821. The van der Waals surface area contributed by atoms with Gasteiger partial charge in [-0.3, -0.25) is 9.78 Å². The van der Waals surface area contributed by atoms with E-state index in [-0.39, 0.29) is 17.2 Å². The molecule has 6 nitrogen and oxygen atoms in total. The van der Waals surface area contributed by atoms with Gasteiger partial charge in [0.1, 0.15) is 5.82 Å². The summed E-state index contributed by atoms with van der Waals surface area (Å²) in [5, 5.41) is 3.30. The molecule has 2 aliphatic rings. The fourth-order valence-electron chi connectivity index (χ4n) is 4.73. The first kappa shape index (κ1) is 19.8. The van der Waals surface area contributed by atoms with Gasteiger partial charge < -0.3 is 15.0 Å². The average Bonchev–Trinajstić information content (AvgIpc) is 2.79. The van der Waals surface area contributed by atoms with Gasteiger partial charge in [-0.2, -0.15) is 0 Å². The molecule has 2 aromatic rings. The van der Waals surface area contributed by atoms with Gasteiger partial charge in [0.15, 0.2) is 0 Å². The highest BCUT2D eigenvalue weighted by Gasteiger charge is 2.37. The van der Waals surface area contributed by atoms with Crippen molar-refractivity contribution >= 4 is 11.7 Å². The molecule has 0 radical (unpaired) electrons. The van der Waals surface area contributed by atoms with E-state index in [9.17, 15) is 4.79 Å². The molecular weight excluding hydrogens is 364 g/mol. The second-order valence-corrected chi connectivity index (χ2v) is 8.27. The van der Waals surface area contributed by atoms with E-state index in [1.165, 1.54) is 11.1 Å². The van der Waals surface area contributed by atoms with Crippen LogP contribution in [-0.4, -0.2) is 48.7 Å². The zero-order valence-electron chi connectivity index (χ0n) is 17.1. The molecular formula is C23H30N4O2. The zero-order chi connectivity index (χ0) is 20.1. The molecule has 1 amide bonds. The van der Waals surface area contributed by atoms with Crippen molar-refractivity contribution in [2.24, 2.45) is 5.92 Å². The fourth-order valence-corrected chi connectivity index (χ4v) is 4.73. The number of anilines is 1. The van der Waals surface area contributed by atoms with Gasteiger partial charge in [-0.1, -0.05) is 24.3 Å². The minimum atomic E-state index is -0.0431. The second kappa shape index (κ2) is 8.91. The van der Waals surface area contributed by atoms with Crippen LogP contribution < -0.4 is 10.2 Å². The molecule has 0 saturated carbocycles. The molecule has 2 saturated heterocycles. The molecule has 29 heavy (non-hydrogen) atoms. The van der Waals surface area contributed by atoms with E-state index in [2.05, 4.69) is 51.4 Å². The summed E-state index contributed by atoms with van der Waals surface area (Å²) in [5.41, 5.74) is 2.59. The number of nitrogens with one attached hydrogen (secondary N) is 1. The van der Waals surface area contributed by atoms with Gasteiger partial charge >= 0.3 is 0 Å². The SMILES string of the molecule is Cc1ccccc1C1(CNC(=O)[C@H]2CCCN(c3cnccn3)C2)CCOCC1. The lowest BCUT2D eigenvalue weighted by Crippen LogP contribution is -2.49. The van der Waals surface area contributed by atoms with E-state index in [1.54, 1.807) is 18.6 Å². The monoisotopic (exact) mass is 394 g/mol. The van der Waals surface area contributed by atoms with E-state index in [0.717, 1.165) is 51.3 Å². The Morgan fingerprint density at radius 3 is 2.86 bits per heavy atom. The first-order chi connectivity index (χ1) is 14.2. The van der Waals surface area contributed by atoms with Crippen molar-refractivity contribution in [3.8, 4) is 0 Å². The summed E-state index contributed by atoms with van der Waals surface area (Å²) in [6, 6.07) is 8.55. The number of benzene rings is 1. The molecule has 2 aliphatic heterocycles. The molecule has 1 aromatic heterocycles. The van der Waals surface area contributed by atoms with Crippen LogP contribution >= 0.6 is 0 Å². The minimum Gasteiger partial charge on any atom is -0.381 e. The number of hydrogen-bond acceptors (Lipinski definition) is 5. The molecule has 1 N–H and O–H groups in total. The Morgan fingerprint density at radius 2 is 2.10 bits per heavy atom. The van der Waals surface area contributed by atoms with Gasteiger partial charge in [0, 0.05) is 50.7 Å². The quantitative estimate of drug-likeness (QED) is 0.845. The highest BCUT2D eigenvalue weighted by Crippen LogP contribution is 2.36. The molecule has 154 valence electrons. The third kappa shape index (κ3) is 4.42. The molecule has 4 rings (SSSR count). The minimum absolute atomic E-state index is 0.0143. The fraction of sp³-hybridized carbons (Fsp3) is 0.522. The van der Waals surface area contributed by atoms with Crippen LogP contribution in [-0.2, 0) is 14.9 Å².